The molecule has 2 aromatic carbocycles. The number of para-hydroxylation sites is 1. The summed E-state index contributed by atoms with van der Waals surface area (Å²) in [4.78, 5) is 15.5. The predicted octanol–water partition coefficient (Wildman–Crippen LogP) is 2.61. The van der Waals surface area contributed by atoms with E-state index in [-0.39, 0.29) is 17.4 Å². The van der Waals surface area contributed by atoms with Crippen LogP contribution in [0.3, 0.4) is 0 Å². The molecule has 24 heavy (non-hydrogen) atoms. The van der Waals surface area contributed by atoms with Gasteiger partial charge < -0.3 is 9.64 Å². The molecule has 7 heteroatoms. The van der Waals surface area contributed by atoms with Crippen molar-refractivity contribution in [1.82, 2.24) is 0 Å². The minimum Gasteiger partial charge on any atom is -0.484 e. The second-order valence-corrected chi connectivity index (χ2v) is 8.55. The number of benzene rings is 2. The van der Waals surface area contributed by atoms with Crippen molar-refractivity contribution in [2.45, 2.75) is 9.79 Å². The number of anilines is 1. The van der Waals surface area contributed by atoms with E-state index in [1.807, 2.05) is 24.3 Å². The predicted molar refractivity (Wildman–Crippen MR) is 94.6 cm³/mol. The quantitative estimate of drug-likeness (QED) is 0.835. The lowest BCUT2D eigenvalue weighted by Crippen LogP contribution is -2.38. The van der Waals surface area contributed by atoms with E-state index in [4.69, 9.17) is 4.74 Å². The Kier molecular flexibility index (Phi) is 4.82. The molecule has 0 atom stereocenters. The molecule has 0 bridgehead atoms. The van der Waals surface area contributed by atoms with E-state index in [9.17, 15) is 13.2 Å². The lowest BCUT2D eigenvalue weighted by atomic mass is 10.2. The fourth-order valence-electron chi connectivity index (χ4n) is 2.45. The Hall–Kier alpha value is -1.99. The molecule has 1 aliphatic heterocycles. The second kappa shape index (κ2) is 6.86. The van der Waals surface area contributed by atoms with Gasteiger partial charge in [-0.15, -0.1) is 11.8 Å². The average Bonchev–Trinajstić information content (AvgIpc) is 2.58. The molecule has 1 heterocycles. The van der Waals surface area contributed by atoms with Crippen molar-refractivity contribution < 1.29 is 17.9 Å². The van der Waals surface area contributed by atoms with E-state index < -0.39 is 9.84 Å². The smallest absolute Gasteiger partial charge is 0.264 e. The molecule has 5 nitrogen and oxygen atoms in total. The summed E-state index contributed by atoms with van der Waals surface area (Å²) in [7, 11) is -3.30. The van der Waals surface area contributed by atoms with Crippen LogP contribution in [-0.2, 0) is 14.6 Å². The summed E-state index contributed by atoms with van der Waals surface area (Å²) in [6, 6.07) is 13.9. The van der Waals surface area contributed by atoms with Gasteiger partial charge in [-0.2, -0.15) is 0 Å². The Morgan fingerprint density at radius 1 is 1.21 bits per heavy atom. The van der Waals surface area contributed by atoms with Crippen molar-refractivity contribution in [2.75, 3.05) is 30.1 Å². The zero-order chi connectivity index (χ0) is 17.2. The van der Waals surface area contributed by atoms with E-state index in [2.05, 4.69) is 0 Å². The Morgan fingerprint density at radius 3 is 2.79 bits per heavy atom. The van der Waals surface area contributed by atoms with Crippen molar-refractivity contribution in [2.24, 2.45) is 0 Å². The third kappa shape index (κ3) is 3.73. The molecular formula is C17H17NO4S2. The Morgan fingerprint density at radius 2 is 2.00 bits per heavy atom. The summed E-state index contributed by atoms with van der Waals surface area (Å²) in [5.74, 6) is 1.06. The van der Waals surface area contributed by atoms with Gasteiger partial charge in [0.25, 0.3) is 5.91 Å². The van der Waals surface area contributed by atoms with E-state index in [1.165, 1.54) is 12.1 Å². The number of carbonyl (C=O) groups excluding carboxylic acids is 1. The zero-order valence-corrected chi connectivity index (χ0v) is 14.8. The first-order chi connectivity index (χ1) is 11.4. The lowest BCUT2D eigenvalue weighted by molar-refractivity contribution is -0.120. The highest BCUT2D eigenvalue weighted by atomic mass is 32.2. The van der Waals surface area contributed by atoms with Crippen molar-refractivity contribution in [3.8, 4) is 5.75 Å². The third-order valence-electron chi connectivity index (χ3n) is 3.63. The highest BCUT2D eigenvalue weighted by Crippen LogP contribution is 2.34. The first-order valence-corrected chi connectivity index (χ1v) is 10.3. The van der Waals surface area contributed by atoms with Crippen LogP contribution in [0, 0.1) is 0 Å². The molecule has 1 amide bonds. The standard InChI is InChI=1S/C17H17NO4S2/c1-24(20,21)14-6-4-5-13(11-14)22-12-17(19)18-9-10-23-16-8-3-2-7-15(16)18/h2-8,11H,9-10,12H2,1H3. The number of fused-ring (bicyclic) bond motifs is 1. The normalized spacial score (nSPS) is 14.1. The number of nitrogens with zero attached hydrogens (tertiary/aromatic N) is 1. The minimum atomic E-state index is -3.30. The first kappa shape index (κ1) is 16.9. The second-order valence-electron chi connectivity index (χ2n) is 5.40. The molecule has 2 aromatic rings. The molecule has 0 saturated carbocycles. The van der Waals surface area contributed by atoms with Gasteiger partial charge in [-0.25, -0.2) is 8.42 Å². The fourth-order valence-corrected chi connectivity index (χ4v) is 4.10. The van der Waals surface area contributed by atoms with Gasteiger partial charge in [-0.1, -0.05) is 18.2 Å². The van der Waals surface area contributed by atoms with Gasteiger partial charge in [0.2, 0.25) is 0 Å². The van der Waals surface area contributed by atoms with Crippen LogP contribution in [0.25, 0.3) is 0 Å². The van der Waals surface area contributed by atoms with Crippen molar-refractivity contribution in [3.63, 3.8) is 0 Å². The Balaban J connectivity index is 1.71. The summed E-state index contributed by atoms with van der Waals surface area (Å²) >= 11 is 1.73. The molecule has 0 aliphatic carbocycles. The molecule has 0 fully saturated rings. The zero-order valence-electron chi connectivity index (χ0n) is 13.1. The summed E-state index contributed by atoms with van der Waals surface area (Å²) in [6.45, 7) is 0.499. The molecular weight excluding hydrogens is 346 g/mol. The third-order valence-corrected chi connectivity index (χ3v) is 5.78. The van der Waals surface area contributed by atoms with Crippen molar-refractivity contribution in [1.29, 1.82) is 0 Å². The van der Waals surface area contributed by atoms with Crippen LogP contribution in [0.2, 0.25) is 0 Å². The molecule has 0 unspecified atom stereocenters. The monoisotopic (exact) mass is 363 g/mol. The van der Waals surface area contributed by atoms with Gasteiger partial charge in [0, 0.05) is 23.4 Å². The van der Waals surface area contributed by atoms with Crippen LogP contribution >= 0.6 is 11.8 Å². The first-order valence-electron chi connectivity index (χ1n) is 7.40. The maximum Gasteiger partial charge on any atom is 0.264 e. The fraction of sp³-hybridized carbons (Fsp3) is 0.235. The lowest BCUT2D eigenvalue weighted by Gasteiger charge is -2.28. The largest absolute Gasteiger partial charge is 0.484 e. The van der Waals surface area contributed by atoms with Crippen LogP contribution in [0.5, 0.6) is 5.75 Å². The molecule has 1 aliphatic rings. The van der Waals surface area contributed by atoms with Crippen LogP contribution in [-0.4, -0.2) is 39.5 Å². The average molecular weight is 363 g/mol. The molecule has 0 aromatic heterocycles. The van der Waals surface area contributed by atoms with E-state index >= 15 is 0 Å². The molecule has 3 rings (SSSR count). The van der Waals surface area contributed by atoms with Gasteiger partial charge in [-0.3, -0.25) is 4.79 Å². The Labute approximate surface area is 145 Å². The van der Waals surface area contributed by atoms with Crippen LogP contribution in [0.4, 0.5) is 5.69 Å². The molecule has 0 radical (unpaired) electrons. The van der Waals surface area contributed by atoms with Gasteiger partial charge in [-0.05, 0) is 30.3 Å². The minimum absolute atomic E-state index is 0.133. The molecule has 0 saturated heterocycles. The number of rotatable bonds is 4. The van der Waals surface area contributed by atoms with Gasteiger partial charge in [0.05, 0.1) is 10.6 Å². The number of carbonyl (C=O) groups is 1. The van der Waals surface area contributed by atoms with Crippen molar-refractivity contribution >= 4 is 33.2 Å². The SMILES string of the molecule is CS(=O)(=O)c1cccc(OCC(=O)N2CCSc3ccccc32)c1. The van der Waals surface area contributed by atoms with Crippen LogP contribution in [0.15, 0.2) is 58.3 Å². The Bertz CT molecular complexity index is 864. The summed E-state index contributed by atoms with van der Waals surface area (Å²) < 4.78 is 28.7. The van der Waals surface area contributed by atoms with E-state index in [1.54, 1.807) is 28.8 Å². The number of ether oxygens (including phenoxy) is 1. The molecule has 126 valence electrons. The maximum absolute atomic E-state index is 12.5. The topological polar surface area (TPSA) is 63.7 Å². The molecule has 0 N–H and O–H groups in total. The maximum atomic E-state index is 12.5. The highest BCUT2D eigenvalue weighted by molar-refractivity contribution is 7.99. The van der Waals surface area contributed by atoms with Gasteiger partial charge >= 0.3 is 0 Å². The van der Waals surface area contributed by atoms with E-state index in [0.29, 0.717) is 12.3 Å². The van der Waals surface area contributed by atoms with E-state index in [0.717, 1.165) is 22.6 Å². The van der Waals surface area contributed by atoms with Crippen molar-refractivity contribution in [3.05, 3.63) is 48.5 Å². The number of amides is 1. The highest BCUT2D eigenvalue weighted by Gasteiger charge is 2.23. The number of thioether (sulfide) groups is 1. The molecule has 0 spiro atoms. The number of hydrogen-bond acceptors (Lipinski definition) is 5. The van der Waals surface area contributed by atoms with Gasteiger partial charge in [0.15, 0.2) is 16.4 Å². The van der Waals surface area contributed by atoms with Crippen LogP contribution in [0.1, 0.15) is 0 Å². The summed E-state index contributed by atoms with van der Waals surface area (Å²) in [5.41, 5.74) is 0.896. The van der Waals surface area contributed by atoms with Crippen LogP contribution < -0.4 is 9.64 Å². The number of sulfone groups is 1. The summed E-state index contributed by atoms with van der Waals surface area (Å²) in [5, 5.41) is 0. The number of hydrogen-bond donors (Lipinski definition) is 0. The van der Waals surface area contributed by atoms with Gasteiger partial charge in [0.1, 0.15) is 5.75 Å². The summed E-state index contributed by atoms with van der Waals surface area (Å²) in [6.07, 6.45) is 1.14.